The summed E-state index contributed by atoms with van der Waals surface area (Å²) in [6.45, 7) is 4.12. The molecule has 0 aliphatic heterocycles. The monoisotopic (exact) mass is 326 g/mol. The number of rotatable bonds is 6. The first-order valence-corrected chi connectivity index (χ1v) is 7.82. The van der Waals surface area contributed by atoms with Crippen LogP contribution in [0.3, 0.4) is 0 Å². The Balaban J connectivity index is 1.89. The van der Waals surface area contributed by atoms with Crippen molar-refractivity contribution in [3.63, 3.8) is 0 Å². The Bertz CT molecular complexity index is 709. The van der Waals surface area contributed by atoms with Crippen molar-refractivity contribution in [2.75, 3.05) is 19.0 Å². The fraction of sp³-hybridized carbons (Fsp3) is 0.263. The highest BCUT2D eigenvalue weighted by molar-refractivity contribution is 6.00. The second kappa shape index (κ2) is 8.15. The van der Waals surface area contributed by atoms with Crippen molar-refractivity contribution in [2.24, 2.45) is 0 Å². The molecule has 0 unspecified atom stereocenters. The lowest BCUT2D eigenvalue weighted by atomic mass is 10.0. The Morgan fingerprint density at radius 2 is 1.71 bits per heavy atom. The molecule has 0 bridgehead atoms. The van der Waals surface area contributed by atoms with Gasteiger partial charge in [-0.15, -0.1) is 0 Å². The molecular weight excluding hydrogens is 304 g/mol. The van der Waals surface area contributed by atoms with Crippen LogP contribution in [0.25, 0.3) is 0 Å². The third kappa shape index (κ3) is 4.59. The highest BCUT2D eigenvalue weighted by atomic mass is 16.5. The van der Waals surface area contributed by atoms with Gasteiger partial charge in [-0.25, -0.2) is 0 Å². The number of methoxy groups -OCH3 is 1. The molecule has 2 aromatic rings. The molecular formula is C19H22N2O3. The largest absolute Gasteiger partial charge is 0.496 e. The fourth-order valence-corrected chi connectivity index (χ4v) is 2.24. The number of hydrogen-bond acceptors (Lipinski definition) is 3. The molecule has 24 heavy (non-hydrogen) atoms. The highest BCUT2D eigenvalue weighted by Crippen LogP contribution is 2.18. The van der Waals surface area contributed by atoms with Crippen LogP contribution in [0, 0.1) is 0 Å². The van der Waals surface area contributed by atoms with E-state index >= 15 is 0 Å². The van der Waals surface area contributed by atoms with Crippen molar-refractivity contribution in [3.05, 3.63) is 59.7 Å². The molecule has 0 heterocycles. The van der Waals surface area contributed by atoms with Gasteiger partial charge in [0.1, 0.15) is 5.75 Å². The summed E-state index contributed by atoms with van der Waals surface area (Å²) >= 11 is 0. The van der Waals surface area contributed by atoms with Crippen LogP contribution < -0.4 is 15.4 Å². The van der Waals surface area contributed by atoms with E-state index in [1.165, 1.54) is 12.7 Å². The van der Waals surface area contributed by atoms with Gasteiger partial charge in [0.25, 0.3) is 5.91 Å². The zero-order valence-electron chi connectivity index (χ0n) is 14.1. The number of ether oxygens (including phenoxy) is 1. The quantitative estimate of drug-likeness (QED) is 0.857. The number of hydrogen-bond donors (Lipinski definition) is 2. The van der Waals surface area contributed by atoms with Crippen LogP contribution in [-0.2, 0) is 4.79 Å². The lowest BCUT2D eigenvalue weighted by Gasteiger charge is -2.10. The van der Waals surface area contributed by atoms with Gasteiger partial charge in [-0.2, -0.15) is 0 Å². The Morgan fingerprint density at radius 3 is 2.33 bits per heavy atom. The summed E-state index contributed by atoms with van der Waals surface area (Å²) in [7, 11) is 1.50. The minimum atomic E-state index is -0.349. The summed E-state index contributed by atoms with van der Waals surface area (Å²) in [4.78, 5) is 24.1. The van der Waals surface area contributed by atoms with Crippen molar-refractivity contribution in [2.45, 2.75) is 19.8 Å². The summed E-state index contributed by atoms with van der Waals surface area (Å²) in [6.07, 6.45) is 0. The van der Waals surface area contributed by atoms with E-state index in [2.05, 4.69) is 24.5 Å². The van der Waals surface area contributed by atoms with Crippen LogP contribution in [0.2, 0.25) is 0 Å². The molecule has 2 amide bonds. The number of benzene rings is 2. The summed E-state index contributed by atoms with van der Waals surface area (Å²) in [5.41, 5.74) is 2.31. The molecule has 2 aromatic carbocycles. The van der Waals surface area contributed by atoms with E-state index in [1.807, 2.05) is 24.3 Å². The van der Waals surface area contributed by atoms with Crippen LogP contribution in [0.1, 0.15) is 35.7 Å². The van der Waals surface area contributed by atoms with Gasteiger partial charge in [-0.3, -0.25) is 9.59 Å². The van der Waals surface area contributed by atoms with Gasteiger partial charge in [0, 0.05) is 5.69 Å². The minimum absolute atomic E-state index is 0.108. The summed E-state index contributed by atoms with van der Waals surface area (Å²) in [5.74, 6) is 0.280. The number of nitrogens with one attached hydrogen (secondary N) is 2. The van der Waals surface area contributed by atoms with Gasteiger partial charge >= 0.3 is 0 Å². The van der Waals surface area contributed by atoms with Crippen molar-refractivity contribution in [1.82, 2.24) is 5.32 Å². The van der Waals surface area contributed by atoms with Crippen LogP contribution in [0.5, 0.6) is 5.75 Å². The zero-order chi connectivity index (χ0) is 17.5. The maximum Gasteiger partial charge on any atom is 0.255 e. The molecule has 2 N–H and O–H groups in total. The number of carbonyl (C=O) groups excluding carboxylic acids is 2. The van der Waals surface area contributed by atoms with Crippen LogP contribution in [0.15, 0.2) is 48.5 Å². The molecule has 126 valence electrons. The standard InChI is InChI=1S/C19H22N2O3/c1-13(2)14-8-10-15(11-9-14)21-18(22)12-20-19(23)16-6-4-5-7-17(16)24-3/h4-11,13H,12H2,1-3H3,(H,20,23)(H,21,22). The topological polar surface area (TPSA) is 67.4 Å². The molecule has 0 aliphatic carbocycles. The lowest BCUT2D eigenvalue weighted by molar-refractivity contribution is -0.115. The third-order valence-electron chi connectivity index (χ3n) is 3.62. The molecule has 0 aromatic heterocycles. The van der Waals surface area contributed by atoms with Crippen molar-refractivity contribution >= 4 is 17.5 Å². The van der Waals surface area contributed by atoms with Crippen molar-refractivity contribution in [1.29, 1.82) is 0 Å². The molecule has 0 atom stereocenters. The van der Waals surface area contributed by atoms with Gasteiger partial charge in [0.05, 0.1) is 19.2 Å². The molecule has 0 aliphatic rings. The van der Waals surface area contributed by atoms with E-state index in [-0.39, 0.29) is 18.4 Å². The molecule has 0 spiro atoms. The predicted octanol–water partition coefficient (Wildman–Crippen LogP) is 3.19. The maximum atomic E-state index is 12.1. The van der Waals surface area contributed by atoms with E-state index in [9.17, 15) is 9.59 Å². The number of anilines is 1. The molecule has 0 radical (unpaired) electrons. The van der Waals surface area contributed by atoms with Crippen LogP contribution >= 0.6 is 0 Å². The molecule has 0 saturated carbocycles. The smallest absolute Gasteiger partial charge is 0.255 e. The Labute approximate surface area is 142 Å². The molecule has 5 nitrogen and oxygen atoms in total. The number of amides is 2. The van der Waals surface area contributed by atoms with Crippen LogP contribution in [0.4, 0.5) is 5.69 Å². The van der Waals surface area contributed by atoms with E-state index in [0.29, 0.717) is 22.9 Å². The molecule has 2 rings (SSSR count). The van der Waals surface area contributed by atoms with Gasteiger partial charge in [-0.05, 0) is 35.7 Å². The summed E-state index contributed by atoms with van der Waals surface area (Å²) < 4.78 is 5.14. The Hall–Kier alpha value is -2.82. The molecule has 0 saturated heterocycles. The molecule has 0 fully saturated rings. The average Bonchev–Trinajstić information content (AvgIpc) is 2.60. The Kier molecular flexibility index (Phi) is 5.95. The van der Waals surface area contributed by atoms with Gasteiger partial charge < -0.3 is 15.4 Å². The van der Waals surface area contributed by atoms with Gasteiger partial charge in [-0.1, -0.05) is 38.1 Å². The first kappa shape index (κ1) is 17.5. The second-order valence-corrected chi connectivity index (χ2v) is 5.71. The zero-order valence-corrected chi connectivity index (χ0v) is 14.1. The Morgan fingerprint density at radius 1 is 1.04 bits per heavy atom. The highest BCUT2D eigenvalue weighted by Gasteiger charge is 2.12. The van der Waals surface area contributed by atoms with E-state index in [4.69, 9.17) is 4.74 Å². The minimum Gasteiger partial charge on any atom is -0.496 e. The maximum absolute atomic E-state index is 12.1. The van der Waals surface area contributed by atoms with E-state index in [0.717, 1.165) is 0 Å². The van der Waals surface area contributed by atoms with E-state index in [1.54, 1.807) is 24.3 Å². The normalized spacial score (nSPS) is 10.3. The van der Waals surface area contributed by atoms with Crippen molar-refractivity contribution in [3.8, 4) is 5.75 Å². The average molecular weight is 326 g/mol. The van der Waals surface area contributed by atoms with Gasteiger partial charge in [0.2, 0.25) is 5.91 Å². The number of para-hydroxylation sites is 1. The summed E-state index contributed by atoms with van der Waals surface area (Å²) in [5, 5.41) is 5.35. The first-order chi connectivity index (χ1) is 11.5. The fourth-order valence-electron chi connectivity index (χ4n) is 2.24. The second-order valence-electron chi connectivity index (χ2n) is 5.71. The van der Waals surface area contributed by atoms with Gasteiger partial charge in [0.15, 0.2) is 0 Å². The van der Waals surface area contributed by atoms with E-state index < -0.39 is 0 Å². The lowest BCUT2D eigenvalue weighted by Crippen LogP contribution is -2.33. The number of carbonyl (C=O) groups is 2. The SMILES string of the molecule is COc1ccccc1C(=O)NCC(=O)Nc1ccc(C(C)C)cc1. The first-order valence-electron chi connectivity index (χ1n) is 7.82. The van der Waals surface area contributed by atoms with Crippen molar-refractivity contribution < 1.29 is 14.3 Å². The molecule has 5 heteroatoms. The van der Waals surface area contributed by atoms with Crippen LogP contribution in [-0.4, -0.2) is 25.5 Å². The summed E-state index contributed by atoms with van der Waals surface area (Å²) in [6, 6.07) is 14.5. The third-order valence-corrected chi connectivity index (χ3v) is 3.62. The predicted molar refractivity (Wildman–Crippen MR) is 94.5 cm³/mol.